The van der Waals surface area contributed by atoms with Crippen molar-refractivity contribution in [3.05, 3.63) is 53.2 Å². The lowest BCUT2D eigenvalue weighted by atomic mass is 10.2. The molecule has 0 aliphatic heterocycles. The highest BCUT2D eigenvalue weighted by Crippen LogP contribution is 2.23. The average Bonchev–Trinajstić information content (AvgIpc) is 2.59. The Morgan fingerprint density at radius 3 is 2.47 bits per heavy atom. The van der Waals surface area contributed by atoms with E-state index in [1.807, 2.05) is 30.3 Å². The summed E-state index contributed by atoms with van der Waals surface area (Å²) >= 11 is 0. The van der Waals surface area contributed by atoms with Crippen LogP contribution in [0, 0.1) is 6.92 Å². The van der Waals surface area contributed by atoms with E-state index in [4.69, 9.17) is 5.11 Å². The number of aromatic hydroxyl groups is 1. The van der Waals surface area contributed by atoms with Crippen LogP contribution < -0.4 is 0 Å². The first-order chi connectivity index (χ1) is 8.09. The quantitative estimate of drug-likeness (QED) is 0.851. The Bertz CT molecular complexity index is 543. The summed E-state index contributed by atoms with van der Waals surface area (Å²) in [6, 6.07) is 9.57. The zero-order valence-electron chi connectivity index (χ0n) is 9.42. The molecule has 0 bridgehead atoms. The number of hydrogen-bond donors (Lipinski definition) is 2. The van der Waals surface area contributed by atoms with E-state index in [0.717, 1.165) is 5.56 Å². The Labute approximate surface area is 98.8 Å². The molecule has 4 heteroatoms. The summed E-state index contributed by atoms with van der Waals surface area (Å²) in [6.07, 6.45) is 1.46. The molecule has 0 atom stereocenters. The second kappa shape index (κ2) is 4.33. The van der Waals surface area contributed by atoms with E-state index >= 15 is 0 Å². The molecule has 1 aromatic heterocycles. The molecular weight excluding hydrogens is 218 g/mol. The first-order valence-corrected chi connectivity index (χ1v) is 5.25. The van der Waals surface area contributed by atoms with Crippen LogP contribution in [-0.2, 0) is 6.54 Å². The van der Waals surface area contributed by atoms with E-state index in [-0.39, 0.29) is 11.4 Å². The van der Waals surface area contributed by atoms with Crippen LogP contribution >= 0.6 is 0 Å². The normalized spacial score (nSPS) is 10.4. The topological polar surface area (TPSA) is 62.5 Å². The summed E-state index contributed by atoms with van der Waals surface area (Å²) in [4.78, 5) is 10.9. The van der Waals surface area contributed by atoms with Gasteiger partial charge in [-0.15, -0.1) is 0 Å². The maximum Gasteiger partial charge on any atom is 0.337 e. The van der Waals surface area contributed by atoms with Gasteiger partial charge in [-0.05, 0) is 12.5 Å². The lowest BCUT2D eigenvalue weighted by molar-refractivity contribution is 0.0696. The maximum atomic E-state index is 10.9. The number of rotatable bonds is 3. The summed E-state index contributed by atoms with van der Waals surface area (Å²) in [5.41, 5.74) is 1.54. The number of aromatic carboxylic acids is 1. The van der Waals surface area contributed by atoms with E-state index in [1.54, 1.807) is 6.92 Å². The number of carboxylic acids is 1. The van der Waals surface area contributed by atoms with Crippen molar-refractivity contribution >= 4 is 5.97 Å². The summed E-state index contributed by atoms with van der Waals surface area (Å²) in [6.45, 7) is 2.06. The van der Waals surface area contributed by atoms with Gasteiger partial charge < -0.3 is 14.8 Å². The molecule has 0 saturated carbocycles. The molecular formula is C13H13NO3. The molecule has 1 aromatic carbocycles. The molecule has 0 spiro atoms. The second-order valence-corrected chi connectivity index (χ2v) is 3.91. The Kier molecular flexibility index (Phi) is 2.87. The van der Waals surface area contributed by atoms with Crippen LogP contribution in [0.1, 0.15) is 21.5 Å². The number of benzene rings is 1. The van der Waals surface area contributed by atoms with Crippen LogP contribution in [0.3, 0.4) is 0 Å². The Hall–Kier alpha value is -2.23. The number of aromatic nitrogens is 1. The van der Waals surface area contributed by atoms with Crippen molar-refractivity contribution in [2.24, 2.45) is 0 Å². The van der Waals surface area contributed by atoms with Crippen molar-refractivity contribution < 1.29 is 15.0 Å². The summed E-state index contributed by atoms with van der Waals surface area (Å²) in [5, 5.41) is 18.8. The Morgan fingerprint density at radius 1 is 1.29 bits per heavy atom. The molecule has 0 radical (unpaired) electrons. The van der Waals surface area contributed by atoms with Crippen LogP contribution in [-0.4, -0.2) is 20.7 Å². The van der Waals surface area contributed by atoms with Gasteiger partial charge in [0.2, 0.25) is 0 Å². The van der Waals surface area contributed by atoms with Crippen molar-refractivity contribution in [1.29, 1.82) is 0 Å². The molecule has 2 rings (SSSR count). The van der Waals surface area contributed by atoms with Crippen molar-refractivity contribution in [1.82, 2.24) is 4.57 Å². The van der Waals surface area contributed by atoms with Gasteiger partial charge in [0, 0.05) is 11.8 Å². The highest BCUT2D eigenvalue weighted by molar-refractivity contribution is 5.90. The van der Waals surface area contributed by atoms with Gasteiger partial charge >= 0.3 is 5.97 Å². The van der Waals surface area contributed by atoms with Crippen LogP contribution in [0.15, 0.2) is 36.5 Å². The first kappa shape index (κ1) is 11.3. The minimum absolute atomic E-state index is 0.00579. The zero-order valence-corrected chi connectivity index (χ0v) is 9.42. The minimum atomic E-state index is -1.02. The SMILES string of the molecule is Cc1c(C(=O)O)cn(Cc2ccccc2)c1O. The van der Waals surface area contributed by atoms with Crippen LogP contribution in [0.2, 0.25) is 0 Å². The monoisotopic (exact) mass is 231 g/mol. The first-order valence-electron chi connectivity index (χ1n) is 5.25. The molecule has 0 unspecified atom stereocenters. The number of carbonyl (C=O) groups is 1. The lowest BCUT2D eigenvalue weighted by Crippen LogP contribution is -1.98. The fourth-order valence-corrected chi connectivity index (χ4v) is 1.77. The number of nitrogens with zero attached hydrogens (tertiary/aromatic N) is 1. The van der Waals surface area contributed by atoms with Crippen molar-refractivity contribution in [2.45, 2.75) is 13.5 Å². The third-order valence-corrected chi connectivity index (χ3v) is 2.72. The third-order valence-electron chi connectivity index (χ3n) is 2.72. The fourth-order valence-electron chi connectivity index (χ4n) is 1.77. The van der Waals surface area contributed by atoms with Gasteiger partial charge in [-0.1, -0.05) is 30.3 Å². The molecule has 2 N–H and O–H groups in total. The predicted octanol–water partition coefficient (Wildman–Crippen LogP) is 2.25. The largest absolute Gasteiger partial charge is 0.494 e. The van der Waals surface area contributed by atoms with E-state index < -0.39 is 5.97 Å². The van der Waals surface area contributed by atoms with Crippen LogP contribution in [0.5, 0.6) is 5.88 Å². The molecule has 1 heterocycles. The van der Waals surface area contributed by atoms with Gasteiger partial charge in [0.05, 0.1) is 12.1 Å². The molecule has 0 aliphatic carbocycles. The van der Waals surface area contributed by atoms with Gasteiger partial charge in [-0.25, -0.2) is 4.79 Å². The van der Waals surface area contributed by atoms with E-state index in [2.05, 4.69) is 0 Å². The molecule has 88 valence electrons. The zero-order chi connectivity index (χ0) is 12.4. The summed E-state index contributed by atoms with van der Waals surface area (Å²) in [5.74, 6) is -1.02. The minimum Gasteiger partial charge on any atom is -0.494 e. The van der Waals surface area contributed by atoms with Gasteiger partial charge in [0.25, 0.3) is 0 Å². The van der Waals surface area contributed by atoms with E-state index in [9.17, 15) is 9.90 Å². The Balaban J connectivity index is 2.34. The molecule has 0 saturated heterocycles. The van der Waals surface area contributed by atoms with E-state index in [0.29, 0.717) is 12.1 Å². The van der Waals surface area contributed by atoms with E-state index in [1.165, 1.54) is 10.8 Å². The van der Waals surface area contributed by atoms with Gasteiger partial charge in [0.15, 0.2) is 5.88 Å². The second-order valence-electron chi connectivity index (χ2n) is 3.91. The molecule has 4 nitrogen and oxygen atoms in total. The number of hydrogen-bond acceptors (Lipinski definition) is 2. The van der Waals surface area contributed by atoms with Crippen LogP contribution in [0.4, 0.5) is 0 Å². The smallest absolute Gasteiger partial charge is 0.337 e. The van der Waals surface area contributed by atoms with Crippen molar-refractivity contribution in [3.8, 4) is 5.88 Å². The van der Waals surface area contributed by atoms with Crippen molar-refractivity contribution in [2.75, 3.05) is 0 Å². The summed E-state index contributed by atoms with van der Waals surface area (Å²) < 4.78 is 1.54. The number of carboxylic acid groups (broad SMARTS) is 1. The lowest BCUT2D eigenvalue weighted by Gasteiger charge is -2.04. The fraction of sp³-hybridized carbons (Fsp3) is 0.154. The van der Waals surface area contributed by atoms with Gasteiger partial charge in [-0.2, -0.15) is 0 Å². The highest BCUT2D eigenvalue weighted by atomic mass is 16.4. The Morgan fingerprint density at radius 2 is 1.94 bits per heavy atom. The molecule has 0 fully saturated rings. The van der Waals surface area contributed by atoms with Crippen molar-refractivity contribution in [3.63, 3.8) is 0 Å². The third kappa shape index (κ3) is 2.15. The highest BCUT2D eigenvalue weighted by Gasteiger charge is 2.16. The standard InChI is InChI=1S/C13H13NO3/c1-9-11(13(16)17)8-14(12(9)15)7-10-5-3-2-4-6-10/h2-6,8,15H,7H2,1H3,(H,16,17). The summed E-state index contributed by atoms with van der Waals surface area (Å²) in [7, 11) is 0. The molecule has 17 heavy (non-hydrogen) atoms. The molecule has 0 aliphatic rings. The van der Waals surface area contributed by atoms with Gasteiger partial charge in [-0.3, -0.25) is 0 Å². The van der Waals surface area contributed by atoms with Gasteiger partial charge in [0.1, 0.15) is 0 Å². The average molecular weight is 231 g/mol. The maximum absolute atomic E-state index is 10.9. The predicted molar refractivity (Wildman–Crippen MR) is 63.3 cm³/mol. The molecule has 2 aromatic rings. The van der Waals surface area contributed by atoms with Crippen LogP contribution in [0.25, 0.3) is 0 Å². The molecule has 0 amide bonds.